The first kappa shape index (κ1) is 19.6. The molecule has 0 saturated heterocycles. The summed E-state index contributed by atoms with van der Waals surface area (Å²) in [5.41, 5.74) is 3.94. The molecule has 2 aromatic rings. The molecule has 1 aromatic heterocycles. The summed E-state index contributed by atoms with van der Waals surface area (Å²) >= 11 is 6.51. The van der Waals surface area contributed by atoms with Gasteiger partial charge < -0.3 is 5.32 Å². The number of benzene rings is 1. The van der Waals surface area contributed by atoms with Gasteiger partial charge in [0.05, 0.1) is 16.4 Å². The predicted molar refractivity (Wildman–Crippen MR) is 96.2 cm³/mol. The molecule has 1 N–H and O–H groups in total. The van der Waals surface area contributed by atoms with E-state index in [-0.39, 0.29) is 0 Å². The highest BCUT2D eigenvalue weighted by atomic mass is 35.5. The summed E-state index contributed by atoms with van der Waals surface area (Å²) in [4.78, 5) is 0. The topological polar surface area (TPSA) is 29.9 Å². The minimum absolute atomic E-state index is 0.444. The molecule has 138 valence electrons. The third kappa shape index (κ3) is 4.11. The number of nitrogens with one attached hydrogen (secondary N) is 1. The van der Waals surface area contributed by atoms with Crippen molar-refractivity contribution in [3.8, 4) is 11.3 Å². The van der Waals surface area contributed by atoms with Gasteiger partial charge in [-0.15, -0.1) is 0 Å². The number of rotatable bonds is 6. The lowest BCUT2D eigenvalue weighted by Crippen LogP contribution is -2.33. The minimum Gasteiger partial charge on any atom is -0.374 e. The highest BCUT2D eigenvalue weighted by molar-refractivity contribution is 6.33. The van der Waals surface area contributed by atoms with E-state index in [0.29, 0.717) is 23.7 Å². The zero-order chi connectivity index (χ0) is 18.8. The molecule has 1 heterocycles. The maximum absolute atomic E-state index is 12.8. The Hall–Kier alpha value is -1.69. The summed E-state index contributed by atoms with van der Waals surface area (Å²) in [5, 5.41) is 7.65. The molecule has 25 heavy (non-hydrogen) atoms. The van der Waals surface area contributed by atoms with Gasteiger partial charge in [-0.25, -0.2) is 0 Å². The molecule has 0 aliphatic rings. The van der Waals surface area contributed by atoms with E-state index in [1.165, 1.54) is 0 Å². The standard InChI is InChI=1S/C18H23ClF3N3/c1-5-12-10-13(23-11(4)18(20,21)22)8-9-14(12)17-16(19)15(6-2)24-25(17)7-3/h8-11,23H,5-7H2,1-4H3/t11-/m1/s1. The van der Waals surface area contributed by atoms with Gasteiger partial charge in [-0.3, -0.25) is 4.68 Å². The Bertz CT molecular complexity index is 738. The fourth-order valence-corrected chi connectivity index (χ4v) is 3.11. The van der Waals surface area contributed by atoms with E-state index >= 15 is 0 Å². The van der Waals surface area contributed by atoms with Crippen molar-refractivity contribution in [3.63, 3.8) is 0 Å². The second-order valence-corrected chi connectivity index (χ2v) is 6.29. The van der Waals surface area contributed by atoms with Crippen LogP contribution in [0.4, 0.5) is 18.9 Å². The number of halogens is 4. The van der Waals surface area contributed by atoms with Gasteiger partial charge in [0.25, 0.3) is 0 Å². The molecule has 0 aliphatic heterocycles. The maximum Gasteiger partial charge on any atom is 0.408 e. The van der Waals surface area contributed by atoms with Crippen LogP contribution in [0.2, 0.25) is 5.02 Å². The maximum atomic E-state index is 12.8. The number of hydrogen-bond donors (Lipinski definition) is 1. The molecule has 7 heteroatoms. The summed E-state index contributed by atoms with van der Waals surface area (Å²) in [5.74, 6) is 0. The molecule has 2 rings (SSSR count). The Labute approximate surface area is 151 Å². The zero-order valence-corrected chi connectivity index (χ0v) is 15.6. The third-order valence-corrected chi connectivity index (χ3v) is 4.61. The van der Waals surface area contributed by atoms with Crippen LogP contribution >= 0.6 is 11.6 Å². The summed E-state index contributed by atoms with van der Waals surface area (Å²) < 4.78 is 40.1. The average Bonchev–Trinajstić information content (AvgIpc) is 2.89. The largest absolute Gasteiger partial charge is 0.408 e. The van der Waals surface area contributed by atoms with Gasteiger partial charge in [0, 0.05) is 17.8 Å². The summed E-state index contributed by atoms with van der Waals surface area (Å²) in [6.45, 7) is 7.72. The molecular formula is C18H23ClF3N3. The fourth-order valence-electron chi connectivity index (χ4n) is 2.74. The molecule has 0 amide bonds. The number of aromatic nitrogens is 2. The van der Waals surface area contributed by atoms with E-state index in [0.717, 1.165) is 35.9 Å². The molecule has 0 aliphatic carbocycles. The van der Waals surface area contributed by atoms with Crippen LogP contribution in [0.25, 0.3) is 11.3 Å². The summed E-state index contributed by atoms with van der Waals surface area (Å²) in [6.07, 6.45) is -2.88. The van der Waals surface area contributed by atoms with Gasteiger partial charge in [-0.2, -0.15) is 18.3 Å². The smallest absolute Gasteiger partial charge is 0.374 e. The van der Waals surface area contributed by atoms with Gasteiger partial charge in [0.1, 0.15) is 6.04 Å². The summed E-state index contributed by atoms with van der Waals surface area (Å²) in [7, 11) is 0. The van der Waals surface area contributed by atoms with Crippen LogP contribution in [-0.2, 0) is 19.4 Å². The number of hydrogen-bond acceptors (Lipinski definition) is 2. The van der Waals surface area contributed by atoms with Gasteiger partial charge in [-0.05, 0) is 44.4 Å². The Kier molecular flexibility index (Phi) is 6.03. The van der Waals surface area contributed by atoms with Crippen molar-refractivity contribution in [2.24, 2.45) is 0 Å². The van der Waals surface area contributed by atoms with Crippen molar-refractivity contribution in [3.05, 3.63) is 34.5 Å². The van der Waals surface area contributed by atoms with E-state index in [1.807, 2.05) is 31.5 Å². The molecular weight excluding hydrogens is 351 g/mol. The van der Waals surface area contributed by atoms with Crippen LogP contribution in [0.15, 0.2) is 18.2 Å². The van der Waals surface area contributed by atoms with Crippen molar-refractivity contribution >= 4 is 17.3 Å². The lowest BCUT2D eigenvalue weighted by Gasteiger charge is -2.20. The van der Waals surface area contributed by atoms with Gasteiger partial charge in [0.15, 0.2) is 0 Å². The zero-order valence-electron chi connectivity index (χ0n) is 14.8. The van der Waals surface area contributed by atoms with Gasteiger partial charge >= 0.3 is 6.18 Å². The predicted octanol–water partition coefficient (Wildman–Crippen LogP) is 5.71. The quantitative estimate of drug-likeness (QED) is 0.702. The second kappa shape index (κ2) is 7.68. The Morgan fingerprint density at radius 2 is 1.88 bits per heavy atom. The average molecular weight is 374 g/mol. The van der Waals surface area contributed by atoms with Crippen molar-refractivity contribution in [2.45, 2.75) is 59.3 Å². The first-order valence-electron chi connectivity index (χ1n) is 8.44. The van der Waals surface area contributed by atoms with E-state index in [1.54, 1.807) is 12.1 Å². The van der Waals surface area contributed by atoms with Crippen molar-refractivity contribution in [1.29, 1.82) is 0 Å². The van der Waals surface area contributed by atoms with Crippen LogP contribution in [0, 0.1) is 0 Å². The number of nitrogens with zero attached hydrogens (tertiary/aromatic N) is 2. The normalized spacial score (nSPS) is 13.1. The van der Waals surface area contributed by atoms with Crippen LogP contribution in [0.1, 0.15) is 39.0 Å². The van der Waals surface area contributed by atoms with Crippen LogP contribution in [0.3, 0.4) is 0 Å². The number of anilines is 1. The first-order chi connectivity index (χ1) is 11.7. The van der Waals surface area contributed by atoms with Crippen molar-refractivity contribution in [2.75, 3.05) is 5.32 Å². The first-order valence-corrected chi connectivity index (χ1v) is 8.82. The summed E-state index contributed by atoms with van der Waals surface area (Å²) in [6, 6.07) is 3.62. The molecule has 0 radical (unpaired) electrons. The molecule has 0 unspecified atom stereocenters. The highest BCUT2D eigenvalue weighted by Gasteiger charge is 2.36. The number of alkyl halides is 3. The number of aryl methyl sites for hydroxylation is 3. The van der Waals surface area contributed by atoms with Crippen LogP contribution in [-0.4, -0.2) is 22.0 Å². The van der Waals surface area contributed by atoms with Crippen molar-refractivity contribution < 1.29 is 13.2 Å². The van der Waals surface area contributed by atoms with Gasteiger partial charge in [-0.1, -0.05) is 31.5 Å². The molecule has 0 fully saturated rings. The molecule has 0 bridgehead atoms. The SMILES string of the molecule is CCc1cc(N[C@H](C)C(F)(F)F)ccc1-c1c(Cl)c(CC)nn1CC. The van der Waals surface area contributed by atoms with E-state index in [2.05, 4.69) is 10.4 Å². The Morgan fingerprint density at radius 1 is 1.20 bits per heavy atom. The minimum atomic E-state index is -4.29. The fraction of sp³-hybridized carbons (Fsp3) is 0.500. The monoisotopic (exact) mass is 373 g/mol. The Morgan fingerprint density at radius 3 is 2.40 bits per heavy atom. The molecule has 0 saturated carbocycles. The second-order valence-electron chi connectivity index (χ2n) is 5.91. The molecule has 0 spiro atoms. The lowest BCUT2D eigenvalue weighted by molar-refractivity contribution is -0.138. The molecule has 1 aromatic carbocycles. The van der Waals surface area contributed by atoms with E-state index in [4.69, 9.17) is 11.6 Å². The van der Waals surface area contributed by atoms with E-state index in [9.17, 15) is 13.2 Å². The van der Waals surface area contributed by atoms with Crippen LogP contribution in [0.5, 0.6) is 0 Å². The Balaban J connectivity index is 2.46. The molecule has 3 nitrogen and oxygen atoms in total. The van der Waals surface area contributed by atoms with Gasteiger partial charge in [0.2, 0.25) is 0 Å². The highest BCUT2D eigenvalue weighted by Crippen LogP contribution is 2.35. The van der Waals surface area contributed by atoms with E-state index < -0.39 is 12.2 Å². The molecule has 1 atom stereocenters. The van der Waals surface area contributed by atoms with Crippen molar-refractivity contribution in [1.82, 2.24) is 9.78 Å². The lowest BCUT2D eigenvalue weighted by atomic mass is 10.0. The van der Waals surface area contributed by atoms with Crippen LogP contribution < -0.4 is 5.32 Å². The third-order valence-electron chi connectivity index (χ3n) is 4.21.